The van der Waals surface area contributed by atoms with Crippen LogP contribution < -0.4 is 4.90 Å². The highest BCUT2D eigenvalue weighted by molar-refractivity contribution is 5.62. The molecule has 1 rings (SSSR count). The van der Waals surface area contributed by atoms with E-state index in [1.807, 2.05) is 13.8 Å². The molecule has 4 nitrogen and oxygen atoms in total. The van der Waals surface area contributed by atoms with Crippen LogP contribution in [0.1, 0.15) is 13.8 Å². The first-order valence-electron chi connectivity index (χ1n) is 4.64. The maximum atomic E-state index is 10.4. The van der Waals surface area contributed by atoms with Crippen molar-refractivity contribution in [1.29, 1.82) is 0 Å². The molecule has 0 atom stereocenters. The Kier molecular flexibility index (Phi) is 3.45. The fourth-order valence-electron chi connectivity index (χ4n) is 1.37. The molecule has 0 aromatic heterocycles. The summed E-state index contributed by atoms with van der Waals surface area (Å²) in [4.78, 5) is 12.4. The molecule has 4 heteroatoms. The van der Waals surface area contributed by atoms with Gasteiger partial charge in [0.2, 0.25) is 0 Å². The van der Waals surface area contributed by atoms with Crippen LogP contribution in [0.5, 0.6) is 5.75 Å². The van der Waals surface area contributed by atoms with E-state index in [0.29, 0.717) is 0 Å². The van der Waals surface area contributed by atoms with Crippen molar-refractivity contribution in [3.63, 3.8) is 0 Å². The Morgan fingerprint density at radius 1 is 1.36 bits per heavy atom. The number of benzene rings is 1. The van der Waals surface area contributed by atoms with E-state index in [2.05, 4.69) is 10.1 Å². The third-order valence-electron chi connectivity index (χ3n) is 2.19. The highest BCUT2D eigenvalue weighted by Crippen LogP contribution is 2.30. The maximum Gasteiger partial charge on any atom is 0.151 e. The number of phenols is 1. The standard InChI is InChI=1S/C10H14N2O2/c1-3-12(4-2)8-5-6-10(13)9(7-8)11-14/h5-7,13H,3-4H2,1-2H3. The van der Waals surface area contributed by atoms with Crippen LogP contribution in [-0.2, 0) is 0 Å². The zero-order valence-electron chi connectivity index (χ0n) is 8.40. The van der Waals surface area contributed by atoms with Gasteiger partial charge in [-0.1, -0.05) is 0 Å². The number of nitrogens with zero attached hydrogens (tertiary/aromatic N) is 2. The molecule has 0 aliphatic carbocycles. The molecule has 1 N–H and O–H groups in total. The van der Waals surface area contributed by atoms with Crippen LogP contribution >= 0.6 is 0 Å². The SMILES string of the molecule is CCN(CC)c1ccc(O)c(N=O)c1. The number of rotatable bonds is 4. The summed E-state index contributed by atoms with van der Waals surface area (Å²) in [5, 5.41) is 12.0. The molecule has 0 spiro atoms. The summed E-state index contributed by atoms with van der Waals surface area (Å²) in [6.45, 7) is 5.79. The Labute approximate surface area is 83.1 Å². The van der Waals surface area contributed by atoms with Crippen molar-refractivity contribution in [2.45, 2.75) is 13.8 Å². The van der Waals surface area contributed by atoms with E-state index < -0.39 is 0 Å². The number of aromatic hydroxyl groups is 1. The summed E-state index contributed by atoms with van der Waals surface area (Å²) in [7, 11) is 0. The van der Waals surface area contributed by atoms with Gasteiger partial charge in [0.15, 0.2) is 5.69 Å². The molecule has 0 fully saturated rings. The minimum Gasteiger partial charge on any atom is -0.506 e. The van der Waals surface area contributed by atoms with E-state index in [9.17, 15) is 10.0 Å². The highest BCUT2D eigenvalue weighted by atomic mass is 16.3. The third-order valence-corrected chi connectivity index (χ3v) is 2.19. The van der Waals surface area contributed by atoms with Gasteiger partial charge in [-0.25, -0.2) is 0 Å². The molecule has 0 aliphatic rings. The molecule has 1 aromatic carbocycles. The monoisotopic (exact) mass is 194 g/mol. The van der Waals surface area contributed by atoms with Gasteiger partial charge in [0.1, 0.15) is 5.75 Å². The van der Waals surface area contributed by atoms with Crippen molar-refractivity contribution >= 4 is 11.4 Å². The van der Waals surface area contributed by atoms with Crippen LogP contribution in [0.15, 0.2) is 23.4 Å². The summed E-state index contributed by atoms with van der Waals surface area (Å²) in [6, 6.07) is 4.86. The smallest absolute Gasteiger partial charge is 0.151 e. The van der Waals surface area contributed by atoms with Gasteiger partial charge in [0.05, 0.1) is 0 Å². The summed E-state index contributed by atoms with van der Waals surface area (Å²) in [5.41, 5.74) is 0.997. The van der Waals surface area contributed by atoms with Crippen LogP contribution in [0.3, 0.4) is 0 Å². The van der Waals surface area contributed by atoms with Crippen molar-refractivity contribution in [1.82, 2.24) is 0 Å². The predicted octanol–water partition coefficient (Wildman–Crippen LogP) is 2.64. The van der Waals surface area contributed by atoms with Crippen LogP contribution in [0.25, 0.3) is 0 Å². The summed E-state index contributed by atoms with van der Waals surface area (Å²) in [5.74, 6) is -0.0732. The number of nitroso groups, excluding NO2 is 1. The molecule has 0 radical (unpaired) electrons. The Morgan fingerprint density at radius 3 is 2.50 bits per heavy atom. The van der Waals surface area contributed by atoms with E-state index in [0.717, 1.165) is 18.8 Å². The average molecular weight is 194 g/mol. The van der Waals surface area contributed by atoms with E-state index in [-0.39, 0.29) is 11.4 Å². The lowest BCUT2D eigenvalue weighted by Gasteiger charge is -2.20. The molecule has 76 valence electrons. The second-order valence-electron chi connectivity index (χ2n) is 2.94. The van der Waals surface area contributed by atoms with E-state index in [1.165, 1.54) is 6.07 Å². The lowest BCUT2D eigenvalue weighted by atomic mass is 10.2. The molecule has 0 amide bonds. The molecule has 14 heavy (non-hydrogen) atoms. The summed E-state index contributed by atoms with van der Waals surface area (Å²) in [6.07, 6.45) is 0. The van der Waals surface area contributed by atoms with Crippen LogP contribution in [0.2, 0.25) is 0 Å². The van der Waals surface area contributed by atoms with Crippen molar-refractivity contribution in [2.75, 3.05) is 18.0 Å². The van der Waals surface area contributed by atoms with Gasteiger partial charge in [-0.2, -0.15) is 0 Å². The minimum atomic E-state index is -0.0732. The van der Waals surface area contributed by atoms with Crippen LogP contribution in [0, 0.1) is 4.91 Å². The van der Waals surface area contributed by atoms with Gasteiger partial charge in [0.25, 0.3) is 0 Å². The topological polar surface area (TPSA) is 52.9 Å². The Hall–Kier alpha value is -1.58. The van der Waals surface area contributed by atoms with Crippen molar-refractivity contribution < 1.29 is 5.11 Å². The second-order valence-corrected chi connectivity index (χ2v) is 2.94. The third kappa shape index (κ3) is 2.02. The number of anilines is 1. The van der Waals surface area contributed by atoms with Gasteiger partial charge < -0.3 is 10.0 Å². The molecule has 0 bridgehead atoms. The molecular weight excluding hydrogens is 180 g/mol. The maximum absolute atomic E-state index is 10.4. The van der Waals surface area contributed by atoms with E-state index in [1.54, 1.807) is 12.1 Å². The molecule has 0 saturated heterocycles. The Morgan fingerprint density at radius 2 is 2.00 bits per heavy atom. The van der Waals surface area contributed by atoms with E-state index >= 15 is 0 Å². The van der Waals surface area contributed by atoms with Gasteiger partial charge in [-0.15, -0.1) is 4.91 Å². The molecule has 0 heterocycles. The normalized spacial score (nSPS) is 9.86. The van der Waals surface area contributed by atoms with Crippen molar-refractivity contribution in [2.24, 2.45) is 5.18 Å². The summed E-state index contributed by atoms with van der Waals surface area (Å²) >= 11 is 0. The fourth-order valence-corrected chi connectivity index (χ4v) is 1.37. The first-order valence-corrected chi connectivity index (χ1v) is 4.64. The molecule has 1 aromatic rings. The van der Waals surface area contributed by atoms with Gasteiger partial charge in [-0.05, 0) is 37.2 Å². The Balaban J connectivity index is 3.04. The highest BCUT2D eigenvalue weighted by Gasteiger charge is 2.06. The first-order chi connectivity index (χ1) is 6.72. The molecule has 0 aliphatic heterocycles. The average Bonchev–Trinajstić information content (AvgIpc) is 2.22. The zero-order valence-corrected chi connectivity index (χ0v) is 8.40. The Bertz CT molecular complexity index is 322. The fraction of sp³-hybridized carbons (Fsp3) is 0.400. The lowest BCUT2D eigenvalue weighted by molar-refractivity contribution is 0.477. The van der Waals surface area contributed by atoms with E-state index in [4.69, 9.17) is 0 Å². The van der Waals surface area contributed by atoms with Gasteiger partial charge in [-0.3, -0.25) is 0 Å². The van der Waals surface area contributed by atoms with Crippen molar-refractivity contribution in [3.8, 4) is 5.75 Å². The molecule has 0 saturated carbocycles. The second kappa shape index (κ2) is 4.60. The number of hydrogen-bond donors (Lipinski definition) is 1. The first kappa shape index (κ1) is 10.5. The molecular formula is C10H14N2O2. The summed E-state index contributed by atoms with van der Waals surface area (Å²) < 4.78 is 0. The van der Waals surface area contributed by atoms with Gasteiger partial charge in [0, 0.05) is 18.8 Å². The lowest BCUT2D eigenvalue weighted by Crippen LogP contribution is -2.21. The van der Waals surface area contributed by atoms with Crippen LogP contribution in [-0.4, -0.2) is 18.2 Å². The predicted molar refractivity (Wildman–Crippen MR) is 57.1 cm³/mol. The van der Waals surface area contributed by atoms with Crippen molar-refractivity contribution in [3.05, 3.63) is 23.1 Å². The number of hydrogen-bond acceptors (Lipinski definition) is 4. The molecule has 0 unspecified atom stereocenters. The minimum absolute atomic E-state index is 0.0732. The zero-order chi connectivity index (χ0) is 10.6. The largest absolute Gasteiger partial charge is 0.506 e. The quantitative estimate of drug-likeness (QED) is 0.749. The number of phenolic OH excluding ortho intramolecular Hbond substituents is 1. The van der Waals surface area contributed by atoms with Gasteiger partial charge >= 0.3 is 0 Å². The van der Waals surface area contributed by atoms with Crippen LogP contribution in [0.4, 0.5) is 11.4 Å².